The van der Waals surface area contributed by atoms with Gasteiger partial charge in [-0.05, 0) is 16.4 Å². The second-order valence-electron chi connectivity index (χ2n) is 2.18. The van der Waals surface area contributed by atoms with Crippen molar-refractivity contribution in [2.24, 2.45) is 0 Å². The van der Waals surface area contributed by atoms with Gasteiger partial charge in [0.25, 0.3) is 0 Å². The van der Waals surface area contributed by atoms with Crippen LogP contribution in [-0.2, 0) is 19.1 Å². The number of carbonyl (C=O) groups is 1. The minimum atomic E-state index is -2.10. The monoisotopic (exact) mass is 164 g/mol. The van der Waals surface area contributed by atoms with E-state index in [0.717, 1.165) is 5.37 Å². The fraction of sp³-hybridized carbons (Fsp3) is 0.667. The van der Waals surface area contributed by atoms with E-state index in [2.05, 4.69) is 4.74 Å². The van der Waals surface area contributed by atoms with Gasteiger partial charge < -0.3 is 4.74 Å². The minimum Gasteiger partial charge on any atom is -0.462 e. The first kappa shape index (κ1) is 9.49. The molecule has 0 N–H and O–H groups in total. The van der Waals surface area contributed by atoms with Crippen molar-refractivity contribution in [2.45, 2.75) is 6.92 Å². The molecule has 0 spiro atoms. The highest BCUT2D eigenvalue weighted by atomic mass is 32.2. The predicted molar refractivity (Wildman–Crippen MR) is 42.7 cm³/mol. The summed E-state index contributed by atoms with van der Waals surface area (Å²) in [5, 5.41) is 1.11. The Morgan fingerprint density at radius 2 is 2.10 bits per heavy atom. The highest BCUT2D eigenvalue weighted by molar-refractivity contribution is 8.01. The second kappa shape index (κ2) is 3.61. The van der Waals surface area contributed by atoms with Crippen molar-refractivity contribution in [1.82, 2.24) is 0 Å². The molecule has 0 unspecified atom stereocenters. The Labute approximate surface area is 61.4 Å². The van der Waals surface area contributed by atoms with Gasteiger partial charge in [-0.15, -0.1) is 0 Å². The molecule has 0 aromatic heterocycles. The maximum absolute atomic E-state index is 10.9. The van der Waals surface area contributed by atoms with Gasteiger partial charge in [-0.25, -0.2) is 4.79 Å². The van der Waals surface area contributed by atoms with E-state index in [9.17, 15) is 9.00 Å². The van der Waals surface area contributed by atoms with Crippen LogP contribution < -0.4 is 0 Å². The van der Waals surface area contributed by atoms with Crippen molar-refractivity contribution in [3.8, 4) is 0 Å². The van der Waals surface area contributed by atoms with E-state index in [1.165, 1.54) is 12.5 Å². The fourth-order valence-corrected chi connectivity index (χ4v) is 0.940. The summed E-state index contributed by atoms with van der Waals surface area (Å²) in [5.41, 5.74) is 0. The van der Waals surface area contributed by atoms with Crippen molar-refractivity contribution < 1.29 is 13.7 Å². The summed E-state index contributed by atoms with van der Waals surface area (Å²) in [6, 6.07) is 0. The minimum absolute atomic E-state index is 0.324. The Bertz CT molecular complexity index is 215. The number of esters is 1. The SMILES string of the molecule is CCOC(=O)C=S(C)(C)=O. The topological polar surface area (TPSA) is 43.4 Å². The molecule has 0 saturated heterocycles. The van der Waals surface area contributed by atoms with Crippen LogP contribution in [0.5, 0.6) is 0 Å². The lowest BCUT2D eigenvalue weighted by molar-refractivity contribution is -0.134. The van der Waals surface area contributed by atoms with Crippen LogP contribution in [0.4, 0.5) is 0 Å². The molecule has 0 amide bonds. The van der Waals surface area contributed by atoms with Gasteiger partial charge in [0, 0.05) is 12.5 Å². The van der Waals surface area contributed by atoms with Crippen molar-refractivity contribution >= 4 is 20.9 Å². The van der Waals surface area contributed by atoms with E-state index >= 15 is 0 Å². The number of hydrogen-bond acceptors (Lipinski definition) is 3. The van der Waals surface area contributed by atoms with Crippen molar-refractivity contribution in [1.29, 1.82) is 0 Å². The van der Waals surface area contributed by atoms with E-state index in [-0.39, 0.29) is 0 Å². The third kappa shape index (κ3) is 5.62. The van der Waals surface area contributed by atoms with Gasteiger partial charge >= 0.3 is 5.97 Å². The first-order valence-electron chi connectivity index (χ1n) is 2.91. The van der Waals surface area contributed by atoms with Crippen LogP contribution in [0.3, 0.4) is 0 Å². The van der Waals surface area contributed by atoms with Crippen molar-refractivity contribution in [3.05, 3.63) is 0 Å². The maximum atomic E-state index is 10.9. The molecule has 0 aliphatic heterocycles. The molecule has 0 rings (SSSR count). The van der Waals surface area contributed by atoms with Crippen LogP contribution in [0, 0.1) is 0 Å². The van der Waals surface area contributed by atoms with E-state index in [4.69, 9.17) is 0 Å². The van der Waals surface area contributed by atoms with Crippen molar-refractivity contribution in [2.75, 3.05) is 19.1 Å². The van der Waals surface area contributed by atoms with E-state index in [1.54, 1.807) is 6.92 Å². The van der Waals surface area contributed by atoms with Gasteiger partial charge in [-0.1, -0.05) is 0 Å². The Morgan fingerprint density at radius 3 is 2.40 bits per heavy atom. The van der Waals surface area contributed by atoms with Crippen LogP contribution in [0.1, 0.15) is 6.92 Å². The molecule has 4 heteroatoms. The third-order valence-corrected chi connectivity index (χ3v) is 1.43. The number of ether oxygens (including phenoxy) is 1. The third-order valence-electron chi connectivity index (χ3n) is 0.667. The normalized spacial score (nSPS) is 10.7. The molecule has 0 aromatic rings. The molecular formula is C6H12O3S. The van der Waals surface area contributed by atoms with Gasteiger partial charge in [-0.2, -0.15) is 0 Å². The molecule has 3 nitrogen and oxygen atoms in total. The molecule has 0 heterocycles. The van der Waals surface area contributed by atoms with Gasteiger partial charge in [-0.3, -0.25) is 4.21 Å². The highest BCUT2D eigenvalue weighted by Crippen LogP contribution is 1.78. The van der Waals surface area contributed by atoms with Gasteiger partial charge in [0.1, 0.15) is 0 Å². The zero-order chi connectivity index (χ0) is 8.20. The van der Waals surface area contributed by atoms with E-state index in [1.807, 2.05) is 0 Å². The lowest BCUT2D eigenvalue weighted by Gasteiger charge is -1.96. The number of hydrogen-bond donors (Lipinski definition) is 0. The summed E-state index contributed by atoms with van der Waals surface area (Å²) in [6.45, 7) is 2.03. The molecule has 0 bridgehead atoms. The lowest BCUT2D eigenvalue weighted by Crippen LogP contribution is -2.11. The average molecular weight is 164 g/mol. The largest absolute Gasteiger partial charge is 0.462 e. The Hall–Kier alpha value is -0.510. The Balaban J connectivity index is 4.16. The van der Waals surface area contributed by atoms with Crippen LogP contribution in [-0.4, -0.2) is 34.7 Å². The molecule has 0 fully saturated rings. The fourth-order valence-electron chi connectivity index (χ4n) is 0.408. The second-order valence-corrected chi connectivity index (χ2v) is 5.03. The summed E-state index contributed by atoms with van der Waals surface area (Å²) >= 11 is 0. The summed E-state index contributed by atoms with van der Waals surface area (Å²) < 4.78 is 15.5. The summed E-state index contributed by atoms with van der Waals surface area (Å²) in [5.74, 6) is -0.502. The molecular weight excluding hydrogens is 152 g/mol. The average Bonchev–Trinajstić information content (AvgIpc) is 1.59. The molecule has 60 valence electrons. The summed E-state index contributed by atoms with van der Waals surface area (Å²) in [7, 11) is -2.10. The van der Waals surface area contributed by atoms with Crippen LogP contribution in [0.15, 0.2) is 0 Å². The Morgan fingerprint density at radius 1 is 1.60 bits per heavy atom. The molecule has 10 heavy (non-hydrogen) atoms. The van der Waals surface area contributed by atoms with Gasteiger partial charge in [0.2, 0.25) is 0 Å². The van der Waals surface area contributed by atoms with Crippen molar-refractivity contribution in [3.63, 3.8) is 0 Å². The first-order chi connectivity index (χ1) is 4.45. The molecule has 0 aromatic carbocycles. The Kier molecular flexibility index (Phi) is 3.42. The zero-order valence-electron chi connectivity index (χ0n) is 6.42. The van der Waals surface area contributed by atoms with E-state index in [0.29, 0.717) is 6.61 Å². The molecule has 0 aliphatic carbocycles. The predicted octanol–water partition coefficient (Wildman–Crippen LogP) is -0.104. The summed E-state index contributed by atoms with van der Waals surface area (Å²) in [6.07, 6.45) is 2.98. The maximum Gasteiger partial charge on any atom is 0.338 e. The number of carbonyl (C=O) groups excluding carboxylic acids is 1. The highest BCUT2D eigenvalue weighted by Gasteiger charge is 1.97. The number of rotatable bonds is 2. The molecule has 0 aliphatic rings. The molecule has 0 atom stereocenters. The van der Waals surface area contributed by atoms with E-state index < -0.39 is 15.5 Å². The standard InChI is InChI=1S/C6H12O3S/c1-4-9-6(7)5-10(2,3)8/h5H,4H2,1-3H3. The van der Waals surface area contributed by atoms with Gasteiger partial charge in [0.15, 0.2) is 0 Å². The smallest absolute Gasteiger partial charge is 0.338 e. The van der Waals surface area contributed by atoms with Crippen LogP contribution >= 0.6 is 0 Å². The first-order valence-corrected chi connectivity index (χ1v) is 5.35. The summed E-state index contributed by atoms with van der Waals surface area (Å²) in [4.78, 5) is 10.6. The van der Waals surface area contributed by atoms with Crippen LogP contribution in [0.2, 0.25) is 0 Å². The molecule has 0 radical (unpaired) electrons. The van der Waals surface area contributed by atoms with Gasteiger partial charge in [0.05, 0.1) is 12.0 Å². The quantitative estimate of drug-likeness (QED) is 0.422. The molecule has 0 saturated carbocycles. The lowest BCUT2D eigenvalue weighted by atomic mass is 10.8. The zero-order valence-corrected chi connectivity index (χ0v) is 7.23. The van der Waals surface area contributed by atoms with Crippen LogP contribution in [0.25, 0.3) is 0 Å².